The molecule has 1 fully saturated rings. The summed E-state index contributed by atoms with van der Waals surface area (Å²) in [6.07, 6.45) is 2.47. The van der Waals surface area contributed by atoms with E-state index in [0.717, 1.165) is 12.2 Å². The number of carbonyl (C=O) groups is 4. The maximum Gasteiger partial charge on any atom is 0.355 e. The predicted molar refractivity (Wildman–Crippen MR) is 118 cm³/mol. The molecular formula is C16H15Cl3N6O5S2. The summed E-state index contributed by atoms with van der Waals surface area (Å²) in [6.45, 7) is -0.510. The van der Waals surface area contributed by atoms with E-state index in [1.807, 2.05) is 0 Å². The normalized spacial score (nSPS) is 20.8. The summed E-state index contributed by atoms with van der Waals surface area (Å²) in [5.41, 5.74) is 0.636. The van der Waals surface area contributed by atoms with Gasteiger partial charge in [0.15, 0.2) is 0 Å². The molecule has 1 aromatic heterocycles. The second-order valence-corrected chi connectivity index (χ2v) is 11.0. The number of ether oxygens (including phenoxy) is 1. The Morgan fingerprint density at radius 1 is 1.41 bits per heavy atom. The molecule has 2 amide bonds. The second-order valence-electron chi connectivity index (χ2n) is 6.41. The predicted octanol–water partition coefficient (Wildman–Crippen LogP) is 0.625. The molecule has 11 nitrogen and oxygen atoms in total. The molecule has 0 bridgehead atoms. The molecule has 1 unspecified atom stereocenters. The van der Waals surface area contributed by atoms with Gasteiger partial charge in [0.2, 0.25) is 14.9 Å². The molecule has 2 atom stereocenters. The van der Waals surface area contributed by atoms with Crippen molar-refractivity contribution in [3.63, 3.8) is 0 Å². The van der Waals surface area contributed by atoms with Crippen molar-refractivity contribution >= 4 is 82.4 Å². The van der Waals surface area contributed by atoms with Crippen LogP contribution in [0.5, 0.6) is 0 Å². The highest BCUT2D eigenvalue weighted by Gasteiger charge is 2.54. The minimum absolute atomic E-state index is 0.0320. The molecule has 3 heterocycles. The maximum atomic E-state index is 12.8. The van der Waals surface area contributed by atoms with Gasteiger partial charge in [-0.25, -0.2) is 9.48 Å². The van der Waals surface area contributed by atoms with Gasteiger partial charge in [-0.15, -0.1) is 16.9 Å². The number of hydrogen-bond donors (Lipinski definition) is 1. The lowest BCUT2D eigenvalue weighted by molar-refractivity contribution is -0.152. The van der Waals surface area contributed by atoms with Crippen LogP contribution in [-0.4, -0.2) is 82.5 Å². The van der Waals surface area contributed by atoms with Gasteiger partial charge >= 0.3 is 5.97 Å². The lowest BCUT2D eigenvalue weighted by Gasteiger charge is -2.49. The zero-order chi connectivity index (χ0) is 23.5. The van der Waals surface area contributed by atoms with Crippen molar-refractivity contribution in [3.05, 3.63) is 23.4 Å². The molecule has 172 valence electrons. The van der Waals surface area contributed by atoms with E-state index in [2.05, 4.69) is 20.8 Å². The number of nitrogens with zero attached hydrogens (tertiary/aromatic N) is 5. The van der Waals surface area contributed by atoms with Gasteiger partial charge < -0.3 is 10.1 Å². The van der Waals surface area contributed by atoms with Crippen LogP contribution in [0.3, 0.4) is 0 Å². The Balaban J connectivity index is 1.81. The molecule has 2 aliphatic rings. The smallest absolute Gasteiger partial charge is 0.355 e. The number of alkyl halides is 3. The highest BCUT2D eigenvalue weighted by Crippen LogP contribution is 2.42. The van der Waals surface area contributed by atoms with Gasteiger partial charge in [-0.05, 0) is 22.1 Å². The molecular weight excluding hydrogens is 527 g/mol. The SMILES string of the molecule is Cn1nnnc1SCC1=C(C(=O)OCC(Cl)(Cl)Cl)N2C(=O)C(NC(=O)/C=C\C=O)[C@@H]2SC1. The molecule has 32 heavy (non-hydrogen) atoms. The van der Waals surface area contributed by atoms with Crippen LogP contribution in [0, 0.1) is 0 Å². The first kappa shape index (κ1) is 24.8. The van der Waals surface area contributed by atoms with E-state index in [0.29, 0.717) is 28.5 Å². The Morgan fingerprint density at radius 2 is 2.16 bits per heavy atom. The number of aromatic nitrogens is 4. The highest BCUT2D eigenvalue weighted by atomic mass is 35.6. The number of thioether (sulfide) groups is 2. The maximum absolute atomic E-state index is 12.8. The van der Waals surface area contributed by atoms with Crippen LogP contribution in [0.15, 0.2) is 28.6 Å². The summed E-state index contributed by atoms with van der Waals surface area (Å²) in [7, 11) is 1.67. The third-order valence-corrected chi connectivity index (χ3v) is 6.95. The minimum Gasteiger partial charge on any atom is -0.456 e. The Kier molecular flexibility index (Phi) is 8.09. The van der Waals surface area contributed by atoms with Gasteiger partial charge in [-0.2, -0.15) is 0 Å². The molecule has 0 aromatic carbocycles. The molecule has 0 saturated carbocycles. The number of amides is 2. The number of esters is 1. The Morgan fingerprint density at radius 3 is 2.78 bits per heavy atom. The van der Waals surface area contributed by atoms with Crippen molar-refractivity contribution in [1.29, 1.82) is 0 Å². The molecule has 0 spiro atoms. The van der Waals surface area contributed by atoms with E-state index in [-0.39, 0.29) is 5.70 Å². The van der Waals surface area contributed by atoms with Crippen LogP contribution < -0.4 is 5.32 Å². The Labute approximate surface area is 205 Å². The van der Waals surface area contributed by atoms with Gasteiger partial charge in [-0.3, -0.25) is 19.3 Å². The number of tetrazole rings is 1. The van der Waals surface area contributed by atoms with E-state index in [1.54, 1.807) is 7.05 Å². The zero-order valence-corrected chi connectivity index (χ0v) is 20.1. The summed E-state index contributed by atoms with van der Waals surface area (Å²) < 4.78 is 4.77. The standard InChI is InChI=1S/C16H15Cl3N6O5S2/c1-24-15(21-22-23-24)32-6-8-5-31-13-10(20-9(27)3-2-4-26)12(28)25(13)11(8)14(29)30-7-16(17,18)19/h2-4,10,13H,5-7H2,1H3,(H,20,27)/b3-2-/t10?,13-/m0/s1. The molecule has 3 rings (SSSR count). The summed E-state index contributed by atoms with van der Waals surface area (Å²) in [6, 6.07) is -0.864. The molecule has 0 aliphatic carbocycles. The van der Waals surface area contributed by atoms with Gasteiger partial charge in [0.25, 0.3) is 5.91 Å². The third kappa shape index (κ3) is 5.76. The first-order valence-corrected chi connectivity index (χ1v) is 12.0. The fourth-order valence-corrected chi connectivity index (χ4v) is 5.32. The molecule has 0 radical (unpaired) electrons. The van der Waals surface area contributed by atoms with Crippen LogP contribution in [0.2, 0.25) is 0 Å². The number of rotatable bonds is 8. The number of hydrogen-bond acceptors (Lipinski definition) is 10. The quantitative estimate of drug-likeness (QED) is 0.125. The van der Waals surface area contributed by atoms with E-state index < -0.39 is 39.6 Å². The summed E-state index contributed by atoms with van der Waals surface area (Å²) >= 11 is 19.7. The summed E-state index contributed by atoms with van der Waals surface area (Å²) in [4.78, 5) is 49.1. The third-order valence-electron chi connectivity index (χ3n) is 4.19. The number of aryl methyl sites for hydroxylation is 1. The van der Waals surface area contributed by atoms with Crippen molar-refractivity contribution in [2.75, 3.05) is 18.1 Å². The lowest BCUT2D eigenvalue weighted by atomic mass is 10.0. The van der Waals surface area contributed by atoms with Crippen molar-refractivity contribution in [2.24, 2.45) is 7.05 Å². The molecule has 1 N–H and O–H groups in total. The number of aldehydes is 1. The number of nitrogens with one attached hydrogen (secondary N) is 1. The van der Waals surface area contributed by atoms with Gasteiger partial charge in [0.05, 0.1) is 0 Å². The van der Waals surface area contributed by atoms with E-state index in [9.17, 15) is 19.2 Å². The second kappa shape index (κ2) is 10.4. The Bertz CT molecular complexity index is 995. The number of β-lactam (4-membered cyclic amide) rings is 1. The number of halogens is 3. The van der Waals surface area contributed by atoms with Crippen LogP contribution in [0.25, 0.3) is 0 Å². The average molecular weight is 542 g/mol. The first-order valence-electron chi connectivity index (χ1n) is 8.80. The minimum atomic E-state index is -1.82. The number of allylic oxidation sites excluding steroid dienone is 1. The Hall–Kier alpha value is -1.80. The monoisotopic (exact) mass is 540 g/mol. The largest absolute Gasteiger partial charge is 0.456 e. The van der Waals surface area contributed by atoms with E-state index in [1.165, 1.54) is 33.1 Å². The van der Waals surface area contributed by atoms with Crippen LogP contribution >= 0.6 is 58.3 Å². The molecule has 1 saturated heterocycles. The van der Waals surface area contributed by atoms with Crippen molar-refractivity contribution < 1.29 is 23.9 Å². The number of fused-ring (bicyclic) bond motifs is 1. The average Bonchev–Trinajstić information content (AvgIpc) is 3.16. The first-order chi connectivity index (χ1) is 15.1. The van der Waals surface area contributed by atoms with Crippen molar-refractivity contribution in [3.8, 4) is 0 Å². The zero-order valence-electron chi connectivity index (χ0n) is 16.2. The van der Waals surface area contributed by atoms with E-state index in [4.69, 9.17) is 39.5 Å². The van der Waals surface area contributed by atoms with Crippen molar-refractivity contribution in [1.82, 2.24) is 30.4 Å². The van der Waals surface area contributed by atoms with Crippen LogP contribution in [-0.2, 0) is 31.0 Å². The summed E-state index contributed by atoms with van der Waals surface area (Å²) in [5, 5.41) is 13.7. The highest BCUT2D eigenvalue weighted by molar-refractivity contribution is 8.01. The topological polar surface area (TPSA) is 136 Å². The molecule has 1 aromatic rings. The van der Waals surface area contributed by atoms with Gasteiger partial charge in [0.1, 0.15) is 30.0 Å². The summed E-state index contributed by atoms with van der Waals surface area (Å²) in [5.74, 6) is -1.25. The van der Waals surface area contributed by atoms with Crippen LogP contribution in [0.1, 0.15) is 0 Å². The van der Waals surface area contributed by atoms with Crippen LogP contribution in [0.4, 0.5) is 0 Å². The fourth-order valence-electron chi connectivity index (χ4n) is 2.82. The fraction of sp³-hybridized carbons (Fsp3) is 0.438. The number of carbonyl (C=O) groups excluding carboxylic acids is 4. The van der Waals surface area contributed by atoms with E-state index >= 15 is 0 Å². The van der Waals surface area contributed by atoms with Gasteiger partial charge in [0, 0.05) is 24.6 Å². The lowest BCUT2D eigenvalue weighted by Crippen LogP contribution is -2.70. The van der Waals surface area contributed by atoms with Crippen molar-refractivity contribution in [2.45, 2.75) is 20.4 Å². The molecule has 2 aliphatic heterocycles. The molecule has 16 heteroatoms. The van der Waals surface area contributed by atoms with Gasteiger partial charge in [-0.1, -0.05) is 46.6 Å².